The van der Waals surface area contributed by atoms with Crippen molar-refractivity contribution in [1.82, 2.24) is 15.1 Å². The first-order valence-electron chi connectivity index (χ1n) is 8.99. The lowest BCUT2D eigenvalue weighted by Crippen LogP contribution is -2.25. The molecule has 1 aliphatic heterocycles. The van der Waals surface area contributed by atoms with Crippen LogP contribution < -0.4 is 10.1 Å². The minimum Gasteiger partial charge on any atom is -0.496 e. The van der Waals surface area contributed by atoms with Gasteiger partial charge in [-0.3, -0.25) is 14.8 Å². The summed E-state index contributed by atoms with van der Waals surface area (Å²) in [7, 11) is 1.63. The maximum absolute atomic E-state index is 12.1. The van der Waals surface area contributed by atoms with Crippen molar-refractivity contribution in [3.8, 4) is 5.75 Å². The van der Waals surface area contributed by atoms with Crippen LogP contribution in [0.5, 0.6) is 5.75 Å². The van der Waals surface area contributed by atoms with Gasteiger partial charge < -0.3 is 15.2 Å². The number of aromatic carboxylic acids is 1. The van der Waals surface area contributed by atoms with Gasteiger partial charge in [-0.15, -0.1) is 0 Å². The Balaban J connectivity index is 2.05. The second kappa shape index (κ2) is 7.79. The molecule has 2 heterocycles. The molecular formula is C19H24N4O4. The molecule has 144 valence electrons. The molecule has 2 aromatic rings. The van der Waals surface area contributed by atoms with Gasteiger partial charge in [0.1, 0.15) is 11.4 Å². The highest BCUT2D eigenvalue weighted by Gasteiger charge is 2.34. The molecule has 27 heavy (non-hydrogen) atoms. The molecule has 0 bridgehead atoms. The van der Waals surface area contributed by atoms with Gasteiger partial charge in [0.2, 0.25) is 5.91 Å². The van der Waals surface area contributed by atoms with Gasteiger partial charge in [0.15, 0.2) is 5.82 Å². The minimum absolute atomic E-state index is 0.0103. The summed E-state index contributed by atoms with van der Waals surface area (Å²) in [5, 5.41) is 18.6. The molecule has 0 spiro atoms. The molecule has 0 radical (unpaired) electrons. The summed E-state index contributed by atoms with van der Waals surface area (Å²) < 4.78 is 5.50. The Morgan fingerprint density at radius 1 is 1.37 bits per heavy atom. The third-order valence-corrected chi connectivity index (χ3v) is 5.01. The fourth-order valence-electron chi connectivity index (χ4n) is 3.53. The third kappa shape index (κ3) is 3.66. The number of benzene rings is 1. The molecule has 0 saturated carbocycles. The van der Waals surface area contributed by atoms with Crippen LogP contribution in [0.25, 0.3) is 0 Å². The van der Waals surface area contributed by atoms with E-state index in [1.165, 1.54) is 0 Å². The number of nitrogens with one attached hydrogen (secondary N) is 2. The number of aromatic nitrogens is 2. The number of aromatic amines is 1. The fraction of sp³-hybridized carbons (Fsp3) is 0.421. The quantitative estimate of drug-likeness (QED) is 0.689. The molecule has 1 amide bonds. The number of hydrogen-bond donors (Lipinski definition) is 3. The lowest BCUT2D eigenvalue weighted by molar-refractivity contribution is -0.116. The summed E-state index contributed by atoms with van der Waals surface area (Å²) >= 11 is 0. The monoisotopic (exact) mass is 372 g/mol. The number of amides is 1. The van der Waals surface area contributed by atoms with E-state index in [1.54, 1.807) is 7.11 Å². The van der Waals surface area contributed by atoms with Crippen LogP contribution in [0.4, 0.5) is 5.82 Å². The van der Waals surface area contributed by atoms with Crippen LogP contribution in [0.1, 0.15) is 53.4 Å². The molecular weight excluding hydrogens is 348 g/mol. The van der Waals surface area contributed by atoms with Gasteiger partial charge in [0.25, 0.3) is 0 Å². The lowest BCUT2D eigenvalue weighted by Gasteiger charge is -2.25. The van der Waals surface area contributed by atoms with E-state index >= 15 is 0 Å². The van der Waals surface area contributed by atoms with Gasteiger partial charge in [-0.05, 0) is 24.7 Å². The van der Waals surface area contributed by atoms with Crippen LogP contribution in [-0.4, -0.2) is 52.3 Å². The minimum atomic E-state index is -1.10. The van der Waals surface area contributed by atoms with E-state index in [4.69, 9.17) is 4.74 Å². The zero-order valence-electron chi connectivity index (χ0n) is 15.7. The number of anilines is 1. The molecule has 0 unspecified atom stereocenters. The highest BCUT2D eigenvalue weighted by atomic mass is 16.5. The smallest absolute Gasteiger partial charge is 0.354 e. The van der Waals surface area contributed by atoms with Gasteiger partial charge in [-0.1, -0.05) is 26.0 Å². The van der Waals surface area contributed by atoms with Crippen LogP contribution in [-0.2, 0) is 11.3 Å². The average molecular weight is 372 g/mol. The Morgan fingerprint density at radius 3 is 2.74 bits per heavy atom. The second-order valence-corrected chi connectivity index (χ2v) is 6.50. The summed E-state index contributed by atoms with van der Waals surface area (Å²) in [5.41, 5.74) is 2.40. The van der Waals surface area contributed by atoms with Crippen LogP contribution in [0, 0.1) is 0 Å². The fourth-order valence-corrected chi connectivity index (χ4v) is 3.53. The van der Waals surface area contributed by atoms with E-state index in [1.807, 2.05) is 18.2 Å². The largest absolute Gasteiger partial charge is 0.496 e. The van der Waals surface area contributed by atoms with Crippen molar-refractivity contribution in [3.05, 3.63) is 40.6 Å². The average Bonchev–Trinajstić information content (AvgIpc) is 3.09. The SMILES string of the molecule is CCN(CC)Cc1cc([C@@H]2CC(=O)Nc3n[nH]c(C(=O)O)c32)ccc1OC. The Hall–Kier alpha value is -2.87. The third-order valence-electron chi connectivity index (χ3n) is 5.01. The van der Waals surface area contributed by atoms with E-state index < -0.39 is 5.97 Å². The number of methoxy groups -OCH3 is 1. The topological polar surface area (TPSA) is 108 Å². The molecule has 0 saturated heterocycles. The van der Waals surface area contributed by atoms with Crippen molar-refractivity contribution in [1.29, 1.82) is 0 Å². The van der Waals surface area contributed by atoms with Crippen molar-refractivity contribution >= 4 is 17.7 Å². The van der Waals surface area contributed by atoms with Crippen LogP contribution in [0.2, 0.25) is 0 Å². The van der Waals surface area contributed by atoms with Gasteiger partial charge in [-0.2, -0.15) is 5.10 Å². The Morgan fingerprint density at radius 2 is 2.11 bits per heavy atom. The van der Waals surface area contributed by atoms with E-state index in [0.29, 0.717) is 12.1 Å². The highest BCUT2D eigenvalue weighted by Crippen LogP contribution is 2.39. The number of nitrogens with zero attached hydrogens (tertiary/aromatic N) is 2. The number of carbonyl (C=O) groups excluding carboxylic acids is 1. The van der Waals surface area contributed by atoms with Gasteiger partial charge >= 0.3 is 5.97 Å². The first kappa shape index (κ1) is 18.9. The number of H-pyrrole nitrogens is 1. The van der Waals surface area contributed by atoms with E-state index in [2.05, 4.69) is 34.3 Å². The van der Waals surface area contributed by atoms with Crippen LogP contribution in [0.15, 0.2) is 18.2 Å². The Bertz CT molecular complexity index is 857. The standard InChI is InChI=1S/C19H24N4O4/c1-4-23(5-2)10-12-8-11(6-7-14(12)27-3)13-9-15(24)20-18-16(13)17(19(25)26)21-22-18/h6-8,13H,4-5,9-10H2,1-3H3,(H,25,26)(H2,20,21,22,24)/t13-/m0/s1. The number of hydrogen-bond acceptors (Lipinski definition) is 5. The summed E-state index contributed by atoms with van der Waals surface area (Å²) in [6, 6.07) is 5.76. The van der Waals surface area contributed by atoms with Gasteiger partial charge in [0, 0.05) is 30.0 Å². The van der Waals surface area contributed by atoms with Crippen LogP contribution >= 0.6 is 0 Å². The summed E-state index contributed by atoms with van der Waals surface area (Å²) in [4.78, 5) is 26.0. The maximum atomic E-state index is 12.1. The molecule has 1 aromatic carbocycles. The molecule has 8 heteroatoms. The van der Waals surface area contributed by atoms with Gasteiger partial charge in [0.05, 0.1) is 7.11 Å². The summed E-state index contributed by atoms with van der Waals surface area (Å²) in [5.74, 6) is -0.592. The molecule has 1 aromatic heterocycles. The molecule has 3 N–H and O–H groups in total. The van der Waals surface area contributed by atoms with E-state index in [0.717, 1.165) is 30.0 Å². The number of carboxylic acid groups (broad SMARTS) is 1. The number of rotatable bonds is 7. The summed E-state index contributed by atoms with van der Waals surface area (Å²) in [6.45, 7) is 6.73. The molecule has 0 aliphatic carbocycles. The first-order valence-corrected chi connectivity index (χ1v) is 8.99. The first-order chi connectivity index (χ1) is 13.0. The van der Waals surface area contributed by atoms with E-state index in [-0.39, 0.29) is 29.8 Å². The number of carboxylic acids is 1. The van der Waals surface area contributed by atoms with Crippen molar-refractivity contribution in [3.63, 3.8) is 0 Å². The predicted octanol–water partition coefficient (Wildman–Crippen LogP) is 2.43. The van der Waals surface area contributed by atoms with Crippen molar-refractivity contribution < 1.29 is 19.4 Å². The molecule has 0 fully saturated rings. The molecule has 3 rings (SSSR count). The highest BCUT2D eigenvalue weighted by molar-refractivity contribution is 5.98. The number of fused-ring (bicyclic) bond motifs is 1. The lowest BCUT2D eigenvalue weighted by atomic mass is 9.85. The normalized spacial score (nSPS) is 16.1. The summed E-state index contributed by atoms with van der Waals surface area (Å²) in [6.07, 6.45) is 0.170. The maximum Gasteiger partial charge on any atom is 0.354 e. The van der Waals surface area contributed by atoms with Crippen molar-refractivity contribution in [2.45, 2.75) is 32.7 Å². The number of ether oxygens (including phenoxy) is 1. The molecule has 1 atom stereocenters. The van der Waals surface area contributed by atoms with E-state index in [9.17, 15) is 14.7 Å². The van der Waals surface area contributed by atoms with Crippen molar-refractivity contribution in [2.24, 2.45) is 0 Å². The Labute approximate surface area is 157 Å². The van der Waals surface area contributed by atoms with Crippen LogP contribution in [0.3, 0.4) is 0 Å². The Kier molecular flexibility index (Phi) is 5.46. The predicted molar refractivity (Wildman–Crippen MR) is 100 cm³/mol. The molecule has 8 nitrogen and oxygen atoms in total. The number of carbonyl (C=O) groups is 2. The zero-order valence-corrected chi connectivity index (χ0v) is 15.7. The zero-order chi connectivity index (χ0) is 19.6. The second-order valence-electron chi connectivity index (χ2n) is 6.50. The molecule has 1 aliphatic rings. The van der Waals surface area contributed by atoms with Gasteiger partial charge in [-0.25, -0.2) is 4.79 Å². The van der Waals surface area contributed by atoms with Crippen molar-refractivity contribution in [2.75, 3.05) is 25.5 Å².